The number of carbonyl (C=O) groups excluding carboxylic acids is 1. The first-order valence-electron chi connectivity index (χ1n) is 7.21. The number of nitrogens with one attached hydrogen (secondary N) is 2. The highest BCUT2D eigenvalue weighted by atomic mass is 16.5. The summed E-state index contributed by atoms with van der Waals surface area (Å²) >= 11 is 0. The normalized spacial score (nSPS) is 19.5. The maximum atomic E-state index is 12.4. The van der Waals surface area contributed by atoms with Crippen LogP contribution >= 0.6 is 0 Å². The molecule has 20 heavy (non-hydrogen) atoms. The molecule has 0 aromatic heterocycles. The molecular weight excluding hydrogens is 252 g/mol. The van der Waals surface area contributed by atoms with E-state index >= 15 is 0 Å². The van der Waals surface area contributed by atoms with Gasteiger partial charge in [-0.3, -0.25) is 4.79 Å². The zero-order valence-corrected chi connectivity index (χ0v) is 12.5. The fraction of sp³-hybridized carbons (Fsp3) is 0.562. The van der Waals surface area contributed by atoms with Crippen molar-refractivity contribution in [1.29, 1.82) is 0 Å². The molecular formula is C16H24N2O2. The van der Waals surface area contributed by atoms with Gasteiger partial charge in [0.25, 0.3) is 0 Å². The van der Waals surface area contributed by atoms with Gasteiger partial charge in [-0.1, -0.05) is 38.1 Å². The summed E-state index contributed by atoms with van der Waals surface area (Å²) in [6, 6.07) is 8.19. The van der Waals surface area contributed by atoms with Gasteiger partial charge in [0.15, 0.2) is 0 Å². The lowest BCUT2D eigenvalue weighted by molar-refractivity contribution is -0.124. The van der Waals surface area contributed by atoms with Crippen molar-refractivity contribution in [1.82, 2.24) is 10.6 Å². The average Bonchev–Trinajstić information content (AvgIpc) is 2.46. The van der Waals surface area contributed by atoms with Gasteiger partial charge in [-0.2, -0.15) is 0 Å². The van der Waals surface area contributed by atoms with E-state index in [-0.39, 0.29) is 18.0 Å². The Kier molecular flexibility index (Phi) is 5.15. The van der Waals surface area contributed by atoms with Crippen LogP contribution in [0.4, 0.5) is 0 Å². The maximum absolute atomic E-state index is 12.4. The first kappa shape index (κ1) is 15.0. The van der Waals surface area contributed by atoms with Gasteiger partial charge >= 0.3 is 0 Å². The van der Waals surface area contributed by atoms with Crippen LogP contribution in [0.2, 0.25) is 0 Å². The summed E-state index contributed by atoms with van der Waals surface area (Å²) in [6.07, 6.45) is 0.750. The van der Waals surface area contributed by atoms with Crippen molar-refractivity contribution >= 4 is 5.91 Å². The lowest BCUT2D eigenvalue weighted by Gasteiger charge is -2.28. The number of rotatable bonds is 5. The monoisotopic (exact) mass is 276 g/mol. The van der Waals surface area contributed by atoms with Crippen LogP contribution in [0.25, 0.3) is 0 Å². The van der Waals surface area contributed by atoms with Gasteiger partial charge in [0.05, 0.1) is 18.7 Å². The summed E-state index contributed by atoms with van der Waals surface area (Å²) in [5.74, 6) is 0.421. The second-order valence-corrected chi connectivity index (χ2v) is 5.72. The van der Waals surface area contributed by atoms with Gasteiger partial charge < -0.3 is 15.4 Å². The van der Waals surface area contributed by atoms with Gasteiger partial charge in [-0.15, -0.1) is 0 Å². The molecule has 110 valence electrons. The smallest absolute Gasteiger partial charge is 0.237 e. The number of amides is 1. The molecule has 2 atom stereocenters. The minimum atomic E-state index is -0.150. The van der Waals surface area contributed by atoms with Crippen LogP contribution in [0.3, 0.4) is 0 Å². The van der Waals surface area contributed by atoms with Crippen molar-refractivity contribution in [3.63, 3.8) is 0 Å². The molecule has 1 aliphatic heterocycles. The van der Waals surface area contributed by atoms with E-state index in [2.05, 4.69) is 36.6 Å². The van der Waals surface area contributed by atoms with Gasteiger partial charge in [-0.05, 0) is 23.5 Å². The van der Waals surface area contributed by atoms with E-state index in [9.17, 15) is 4.79 Å². The first-order valence-corrected chi connectivity index (χ1v) is 7.21. The number of fused-ring (bicyclic) bond motifs is 1. The molecule has 2 rings (SSSR count). The summed E-state index contributed by atoms with van der Waals surface area (Å²) < 4.78 is 5.17. The zero-order chi connectivity index (χ0) is 14.5. The summed E-state index contributed by atoms with van der Waals surface area (Å²) in [4.78, 5) is 12.4. The van der Waals surface area contributed by atoms with Crippen molar-refractivity contribution in [3.05, 3.63) is 35.4 Å². The SMILES string of the molecule is COCC(NC(=O)C1Cc2ccccc2CN1)C(C)C. The van der Waals surface area contributed by atoms with Crippen molar-refractivity contribution in [2.75, 3.05) is 13.7 Å². The predicted octanol–water partition coefficient (Wildman–Crippen LogP) is 1.49. The molecule has 0 saturated heterocycles. The third kappa shape index (κ3) is 3.58. The highest BCUT2D eigenvalue weighted by Crippen LogP contribution is 2.16. The lowest BCUT2D eigenvalue weighted by Crippen LogP contribution is -2.52. The minimum absolute atomic E-state index is 0.0615. The lowest BCUT2D eigenvalue weighted by atomic mass is 9.95. The number of hydrogen-bond acceptors (Lipinski definition) is 3. The van der Waals surface area contributed by atoms with E-state index in [1.165, 1.54) is 11.1 Å². The molecule has 4 nitrogen and oxygen atoms in total. The molecule has 4 heteroatoms. The van der Waals surface area contributed by atoms with E-state index in [1.807, 2.05) is 12.1 Å². The van der Waals surface area contributed by atoms with E-state index in [1.54, 1.807) is 7.11 Å². The zero-order valence-electron chi connectivity index (χ0n) is 12.5. The Bertz CT molecular complexity index is 460. The Morgan fingerprint density at radius 3 is 2.75 bits per heavy atom. The van der Waals surface area contributed by atoms with Crippen LogP contribution in [0.15, 0.2) is 24.3 Å². The first-order chi connectivity index (χ1) is 9.61. The van der Waals surface area contributed by atoms with Gasteiger partial charge in [-0.25, -0.2) is 0 Å². The molecule has 0 saturated carbocycles. The summed E-state index contributed by atoms with van der Waals surface area (Å²) in [5, 5.41) is 6.40. The van der Waals surface area contributed by atoms with Gasteiger partial charge in [0, 0.05) is 13.7 Å². The Morgan fingerprint density at radius 2 is 2.10 bits per heavy atom. The molecule has 0 fully saturated rings. The Hall–Kier alpha value is -1.39. The number of benzene rings is 1. The minimum Gasteiger partial charge on any atom is -0.383 e. The quantitative estimate of drug-likeness (QED) is 0.856. The number of carbonyl (C=O) groups is 1. The molecule has 1 aliphatic rings. The van der Waals surface area contributed by atoms with Crippen molar-refractivity contribution in [3.8, 4) is 0 Å². The van der Waals surface area contributed by atoms with Gasteiger partial charge in [0.2, 0.25) is 5.91 Å². The number of ether oxygens (including phenoxy) is 1. The van der Waals surface area contributed by atoms with Gasteiger partial charge in [0.1, 0.15) is 0 Å². The average molecular weight is 276 g/mol. The molecule has 0 bridgehead atoms. The van der Waals surface area contributed by atoms with E-state index in [0.29, 0.717) is 12.5 Å². The molecule has 2 unspecified atom stereocenters. The largest absolute Gasteiger partial charge is 0.383 e. The molecule has 0 radical (unpaired) electrons. The van der Waals surface area contributed by atoms with Crippen LogP contribution in [-0.2, 0) is 22.5 Å². The predicted molar refractivity (Wildman–Crippen MR) is 79.4 cm³/mol. The van der Waals surface area contributed by atoms with Crippen molar-refractivity contribution in [2.45, 2.75) is 38.9 Å². The standard InChI is InChI=1S/C16H24N2O2/c1-11(2)15(10-20-3)18-16(19)14-8-12-6-4-5-7-13(12)9-17-14/h4-7,11,14-15,17H,8-10H2,1-3H3,(H,18,19). The Balaban J connectivity index is 1.97. The van der Waals surface area contributed by atoms with E-state index < -0.39 is 0 Å². The molecule has 1 aromatic rings. The van der Waals surface area contributed by atoms with Crippen LogP contribution < -0.4 is 10.6 Å². The molecule has 1 amide bonds. The second kappa shape index (κ2) is 6.86. The Labute approximate surface area is 120 Å². The molecule has 0 aliphatic carbocycles. The van der Waals surface area contributed by atoms with E-state index in [0.717, 1.165) is 13.0 Å². The topological polar surface area (TPSA) is 50.4 Å². The summed E-state index contributed by atoms with van der Waals surface area (Å²) in [6.45, 7) is 5.48. The highest BCUT2D eigenvalue weighted by molar-refractivity contribution is 5.82. The maximum Gasteiger partial charge on any atom is 0.237 e. The second-order valence-electron chi connectivity index (χ2n) is 5.72. The summed E-state index contributed by atoms with van der Waals surface area (Å²) in [5.41, 5.74) is 2.55. The van der Waals surface area contributed by atoms with Crippen LogP contribution in [0.5, 0.6) is 0 Å². The van der Waals surface area contributed by atoms with Crippen LogP contribution in [0, 0.1) is 5.92 Å². The molecule has 0 spiro atoms. The van der Waals surface area contributed by atoms with Crippen LogP contribution in [0.1, 0.15) is 25.0 Å². The van der Waals surface area contributed by atoms with Crippen molar-refractivity contribution in [2.24, 2.45) is 5.92 Å². The third-order valence-electron chi connectivity index (χ3n) is 3.88. The van der Waals surface area contributed by atoms with Crippen LogP contribution in [-0.4, -0.2) is 31.7 Å². The van der Waals surface area contributed by atoms with Crippen molar-refractivity contribution < 1.29 is 9.53 Å². The fourth-order valence-corrected chi connectivity index (χ4v) is 2.50. The number of methoxy groups -OCH3 is 1. The third-order valence-corrected chi connectivity index (χ3v) is 3.88. The Morgan fingerprint density at radius 1 is 1.40 bits per heavy atom. The highest BCUT2D eigenvalue weighted by Gasteiger charge is 2.26. The summed E-state index contributed by atoms with van der Waals surface area (Å²) in [7, 11) is 1.66. The number of hydrogen-bond donors (Lipinski definition) is 2. The fourth-order valence-electron chi connectivity index (χ4n) is 2.50. The molecule has 1 aromatic carbocycles. The molecule has 1 heterocycles. The molecule has 2 N–H and O–H groups in total. The van der Waals surface area contributed by atoms with E-state index in [4.69, 9.17) is 4.74 Å².